The summed E-state index contributed by atoms with van der Waals surface area (Å²) >= 11 is 0. The third-order valence-electron chi connectivity index (χ3n) is 2.30. The minimum atomic E-state index is -0.588. The SMILES string of the molecule is Cc1noc(NC(=O)c2cc(F)ccc2C#CCN)n1. The Bertz CT molecular complexity index is 700. The molecule has 0 atom stereocenters. The van der Waals surface area contributed by atoms with Crippen molar-refractivity contribution >= 4 is 11.9 Å². The number of halogens is 1. The van der Waals surface area contributed by atoms with Gasteiger partial charge >= 0.3 is 6.01 Å². The lowest BCUT2D eigenvalue weighted by Gasteiger charge is -2.03. The number of carbonyl (C=O) groups is 1. The minimum absolute atomic E-state index is 0.0607. The van der Waals surface area contributed by atoms with Crippen LogP contribution in [0.2, 0.25) is 0 Å². The molecular weight excluding hydrogens is 263 g/mol. The standard InChI is InChI=1S/C13H11FN4O2/c1-8-16-13(20-18-8)17-12(19)11-7-10(14)5-4-9(11)3-2-6-15/h4-5,7H,6,15H2,1H3,(H,16,17,18,19). The van der Waals surface area contributed by atoms with Crippen molar-refractivity contribution in [3.05, 3.63) is 41.0 Å². The van der Waals surface area contributed by atoms with Crippen molar-refractivity contribution in [1.29, 1.82) is 0 Å². The van der Waals surface area contributed by atoms with E-state index < -0.39 is 11.7 Å². The van der Waals surface area contributed by atoms with Crippen LogP contribution in [0.1, 0.15) is 21.7 Å². The molecule has 1 aromatic carbocycles. The number of anilines is 1. The molecule has 1 aromatic heterocycles. The van der Waals surface area contributed by atoms with E-state index in [-0.39, 0.29) is 18.1 Å². The molecular formula is C13H11FN4O2. The predicted molar refractivity (Wildman–Crippen MR) is 69.3 cm³/mol. The number of aromatic nitrogens is 2. The van der Waals surface area contributed by atoms with Gasteiger partial charge in [0.1, 0.15) is 5.82 Å². The Morgan fingerprint density at radius 1 is 1.55 bits per heavy atom. The first-order chi connectivity index (χ1) is 9.60. The molecule has 3 N–H and O–H groups in total. The third kappa shape index (κ3) is 3.18. The number of aryl methyl sites for hydroxylation is 1. The zero-order valence-corrected chi connectivity index (χ0v) is 10.6. The molecule has 0 unspecified atom stereocenters. The fourth-order valence-corrected chi connectivity index (χ4v) is 1.47. The van der Waals surface area contributed by atoms with Crippen LogP contribution in [-0.2, 0) is 0 Å². The number of nitrogens with two attached hydrogens (primary N) is 1. The van der Waals surface area contributed by atoms with E-state index in [2.05, 4.69) is 27.3 Å². The highest BCUT2D eigenvalue weighted by molar-refractivity contribution is 6.04. The summed E-state index contributed by atoms with van der Waals surface area (Å²) < 4.78 is 18.0. The lowest BCUT2D eigenvalue weighted by molar-refractivity contribution is 0.102. The monoisotopic (exact) mass is 274 g/mol. The van der Waals surface area contributed by atoms with Gasteiger partial charge in [-0.05, 0) is 25.1 Å². The van der Waals surface area contributed by atoms with Crippen molar-refractivity contribution in [1.82, 2.24) is 10.1 Å². The van der Waals surface area contributed by atoms with Gasteiger partial charge in [-0.25, -0.2) is 4.39 Å². The molecule has 20 heavy (non-hydrogen) atoms. The molecule has 0 aliphatic rings. The average molecular weight is 274 g/mol. The fourth-order valence-electron chi connectivity index (χ4n) is 1.47. The quantitative estimate of drug-likeness (QED) is 0.799. The zero-order valence-electron chi connectivity index (χ0n) is 10.6. The van der Waals surface area contributed by atoms with Crippen molar-refractivity contribution in [2.24, 2.45) is 5.73 Å². The highest BCUT2D eigenvalue weighted by Crippen LogP contribution is 2.13. The summed E-state index contributed by atoms with van der Waals surface area (Å²) in [6, 6.07) is 3.65. The molecule has 0 aliphatic heterocycles. The second kappa shape index (κ2) is 5.95. The number of hydrogen-bond donors (Lipinski definition) is 2. The Hall–Kier alpha value is -2.72. The van der Waals surface area contributed by atoms with Crippen LogP contribution in [0.25, 0.3) is 0 Å². The van der Waals surface area contributed by atoms with Crippen molar-refractivity contribution in [3.63, 3.8) is 0 Å². The van der Waals surface area contributed by atoms with Crippen LogP contribution in [-0.4, -0.2) is 22.6 Å². The summed E-state index contributed by atoms with van der Waals surface area (Å²) in [5.74, 6) is 4.56. The first-order valence-electron chi connectivity index (χ1n) is 5.70. The molecule has 6 nitrogen and oxygen atoms in total. The maximum absolute atomic E-state index is 13.3. The molecule has 7 heteroatoms. The molecule has 0 saturated carbocycles. The normalized spacial score (nSPS) is 9.75. The van der Waals surface area contributed by atoms with Crippen molar-refractivity contribution < 1.29 is 13.7 Å². The smallest absolute Gasteiger partial charge is 0.320 e. The van der Waals surface area contributed by atoms with Crippen LogP contribution in [0.5, 0.6) is 0 Å². The van der Waals surface area contributed by atoms with Gasteiger partial charge in [0.15, 0.2) is 5.82 Å². The van der Waals surface area contributed by atoms with Gasteiger partial charge in [0.05, 0.1) is 12.1 Å². The Morgan fingerprint density at radius 3 is 3.00 bits per heavy atom. The first-order valence-corrected chi connectivity index (χ1v) is 5.70. The number of benzene rings is 1. The second-order valence-corrected chi connectivity index (χ2v) is 3.80. The molecule has 1 amide bonds. The molecule has 0 fully saturated rings. The molecule has 2 aromatic rings. The lowest BCUT2D eigenvalue weighted by Crippen LogP contribution is -2.14. The Balaban J connectivity index is 2.30. The summed E-state index contributed by atoms with van der Waals surface area (Å²) in [6.07, 6.45) is 0. The van der Waals surface area contributed by atoms with Gasteiger partial charge < -0.3 is 10.3 Å². The van der Waals surface area contributed by atoms with E-state index in [9.17, 15) is 9.18 Å². The topological polar surface area (TPSA) is 94.0 Å². The van der Waals surface area contributed by atoms with E-state index in [0.29, 0.717) is 11.4 Å². The molecule has 0 aliphatic carbocycles. The lowest BCUT2D eigenvalue weighted by atomic mass is 10.1. The van der Waals surface area contributed by atoms with Gasteiger partial charge in [-0.2, -0.15) is 4.98 Å². The van der Waals surface area contributed by atoms with Crippen molar-refractivity contribution in [2.45, 2.75) is 6.92 Å². The highest BCUT2D eigenvalue weighted by atomic mass is 19.1. The van der Waals surface area contributed by atoms with Gasteiger partial charge in [0, 0.05) is 5.56 Å². The molecule has 0 bridgehead atoms. The number of nitrogens with one attached hydrogen (secondary N) is 1. The predicted octanol–water partition coefficient (Wildman–Crippen LogP) is 1.08. The van der Waals surface area contributed by atoms with Gasteiger partial charge in [-0.15, -0.1) is 0 Å². The van der Waals surface area contributed by atoms with E-state index in [1.807, 2.05) is 0 Å². The molecule has 102 valence electrons. The van der Waals surface area contributed by atoms with E-state index in [1.54, 1.807) is 6.92 Å². The van der Waals surface area contributed by atoms with Crippen LogP contribution in [0.4, 0.5) is 10.4 Å². The van der Waals surface area contributed by atoms with Gasteiger partial charge in [0.2, 0.25) is 0 Å². The number of rotatable bonds is 2. The van der Waals surface area contributed by atoms with Crippen molar-refractivity contribution in [2.75, 3.05) is 11.9 Å². The van der Waals surface area contributed by atoms with E-state index in [1.165, 1.54) is 12.1 Å². The number of nitrogens with zero attached hydrogens (tertiary/aromatic N) is 2. The average Bonchev–Trinajstić information content (AvgIpc) is 2.82. The summed E-state index contributed by atoms with van der Waals surface area (Å²) in [5.41, 5.74) is 5.71. The second-order valence-electron chi connectivity index (χ2n) is 3.80. The molecule has 0 radical (unpaired) electrons. The number of amides is 1. The summed E-state index contributed by atoms with van der Waals surface area (Å²) in [6.45, 7) is 1.75. The number of hydrogen-bond acceptors (Lipinski definition) is 5. The summed E-state index contributed by atoms with van der Waals surface area (Å²) in [4.78, 5) is 15.9. The Labute approximate surface area is 114 Å². The third-order valence-corrected chi connectivity index (χ3v) is 2.30. The largest absolute Gasteiger partial charge is 0.328 e. The minimum Gasteiger partial charge on any atom is -0.320 e. The van der Waals surface area contributed by atoms with Crippen LogP contribution in [0.3, 0.4) is 0 Å². The maximum Gasteiger partial charge on any atom is 0.328 e. The van der Waals surface area contributed by atoms with E-state index in [0.717, 1.165) is 6.07 Å². The molecule has 1 heterocycles. The van der Waals surface area contributed by atoms with Gasteiger partial charge in [-0.1, -0.05) is 17.0 Å². The van der Waals surface area contributed by atoms with Gasteiger partial charge in [-0.3, -0.25) is 10.1 Å². The van der Waals surface area contributed by atoms with Crippen LogP contribution in [0, 0.1) is 24.6 Å². The van der Waals surface area contributed by atoms with Crippen LogP contribution in [0.15, 0.2) is 22.7 Å². The zero-order chi connectivity index (χ0) is 14.5. The summed E-state index contributed by atoms with van der Waals surface area (Å²) in [5, 5.41) is 5.91. The maximum atomic E-state index is 13.3. The van der Waals surface area contributed by atoms with Crippen molar-refractivity contribution in [3.8, 4) is 11.8 Å². The van der Waals surface area contributed by atoms with Crippen LogP contribution < -0.4 is 11.1 Å². The van der Waals surface area contributed by atoms with E-state index >= 15 is 0 Å². The van der Waals surface area contributed by atoms with E-state index in [4.69, 9.17) is 10.3 Å². The molecule has 2 rings (SSSR count). The Morgan fingerprint density at radius 2 is 2.35 bits per heavy atom. The molecule has 0 spiro atoms. The fraction of sp³-hybridized carbons (Fsp3) is 0.154. The Kier molecular flexibility index (Phi) is 4.08. The van der Waals surface area contributed by atoms with Crippen LogP contribution >= 0.6 is 0 Å². The highest BCUT2D eigenvalue weighted by Gasteiger charge is 2.14. The van der Waals surface area contributed by atoms with Gasteiger partial charge in [0.25, 0.3) is 5.91 Å². The number of carbonyl (C=O) groups excluding carboxylic acids is 1. The molecule has 0 saturated heterocycles. The first kappa shape index (κ1) is 13.7. The summed E-state index contributed by atoms with van der Waals surface area (Å²) in [7, 11) is 0.